The van der Waals surface area contributed by atoms with Gasteiger partial charge in [0.05, 0.1) is 18.3 Å². The molecule has 7 heteroatoms. The highest BCUT2D eigenvalue weighted by Gasteiger charge is 2.31. The number of pyridine rings is 1. The number of hydrogen-bond acceptors (Lipinski definition) is 4. The van der Waals surface area contributed by atoms with Gasteiger partial charge in [-0.2, -0.15) is 0 Å². The van der Waals surface area contributed by atoms with Crippen molar-refractivity contribution < 1.29 is 9.59 Å². The van der Waals surface area contributed by atoms with E-state index in [1.807, 2.05) is 23.1 Å². The summed E-state index contributed by atoms with van der Waals surface area (Å²) in [6.07, 6.45) is 8.98. The summed E-state index contributed by atoms with van der Waals surface area (Å²) in [7, 11) is 0. The van der Waals surface area contributed by atoms with Crippen LogP contribution in [0.2, 0.25) is 0 Å². The molecule has 3 amide bonds. The zero-order valence-electron chi connectivity index (χ0n) is 16.5. The number of piperidine rings is 2. The van der Waals surface area contributed by atoms with Gasteiger partial charge < -0.3 is 15.5 Å². The molecule has 1 aromatic heterocycles. The smallest absolute Gasteiger partial charge is 0.318 e. The number of nitrogens with zero attached hydrogens (tertiary/aromatic N) is 3. The fourth-order valence-electron chi connectivity index (χ4n) is 4.25. The van der Waals surface area contributed by atoms with Crippen molar-refractivity contribution in [3.8, 4) is 0 Å². The van der Waals surface area contributed by atoms with Crippen LogP contribution in [0.15, 0.2) is 24.4 Å². The molecule has 2 N–H and O–H groups in total. The van der Waals surface area contributed by atoms with Crippen LogP contribution in [0.4, 0.5) is 4.79 Å². The van der Waals surface area contributed by atoms with E-state index in [0.29, 0.717) is 12.6 Å². The molecule has 152 valence electrons. The molecule has 3 fully saturated rings. The Morgan fingerprint density at radius 2 is 1.75 bits per heavy atom. The second-order valence-electron chi connectivity index (χ2n) is 8.30. The summed E-state index contributed by atoms with van der Waals surface area (Å²) in [5, 5.41) is 6.28. The minimum absolute atomic E-state index is 0.0280. The Morgan fingerprint density at radius 3 is 2.46 bits per heavy atom. The van der Waals surface area contributed by atoms with Crippen molar-refractivity contribution in [2.45, 2.75) is 63.1 Å². The SMILES string of the molecule is O=C(CN1CCC(NC(=O)N2CCCC[C@H]2c2ccccn2)CC1)NC1CC1. The van der Waals surface area contributed by atoms with E-state index >= 15 is 0 Å². The quantitative estimate of drug-likeness (QED) is 0.813. The maximum absolute atomic E-state index is 12.9. The van der Waals surface area contributed by atoms with Crippen LogP contribution < -0.4 is 10.6 Å². The van der Waals surface area contributed by atoms with Crippen LogP contribution in [0.5, 0.6) is 0 Å². The van der Waals surface area contributed by atoms with Crippen LogP contribution in [0, 0.1) is 0 Å². The van der Waals surface area contributed by atoms with Crippen molar-refractivity contribution in [2.75, 3.05) is 26.2 Å². The summed E-state index contributed by atoms with van der Waals surface area (Å²) in [4.78, 5) is 33.5. The topological polar surface area (TPSA) is 77.6 Å². The van der Waals surface area contributed by atoms with Gasteiger partial charge in [-0.25, -0.2) is 4.79 Å². The second-order valence-corrected chi connectivity index (χ2v) is 8.30. The first-order valence-corrected chi connectivity index (χ1v) is 10.7. The minimum atomic E-state index is 0.0280. The first kappa shape index (κ1) is 19.2. The van der Waals surface area contributed by atoms with E-state index in [1.54, 1.807) is 6.20 Å². The Morgan fingerprint density at radius 1 is 0.964 bits per heavy atom. The normalized spacial score (nSPS) is 24.0. The lowest BCUT2D eigenvalue weighted by Crippen LogP contribution is -2.52. The fraction of sp³-hybridized carbons (Fsp3) is 0.667. The fourth-order valence-corrected chi connectivity index (χ4v) is 4.25. The van der Waals surface area contributed by atoms with Gasteiger partial charge in [-0.05, 0) is 57.1 Å². The number of urea groups is 1. The van der Waals surface area contributed by atoms with E-state index in [0.717, 1.165) is 70.3 Å². The van der Waals surface area contributed by atoms with E-state index in [4.69, 9.17) is 0 Å². The molecule has 0 unspecified atom stereocenters. The molecule has 1 aromatic rings. The van der Waals surface area contributed by atoms with E-state index in [1.165, 1.54) is 0 Å². The van der Waals surface area contributed by atoms with Gasteiger partial charge in [0.2, 0.25) is 5.91 Å². The van der Waals surface area contributed by atoms with Crippen LogP contribution in [-0.2, 0) is 4.79 Å². The van der Waals surface area contributed by atoms with Crippen LogP contribution in [0.1, 0.15) is 56.7 Å². The van der Waals surface area contributed by atoms with Crippen LogP contribution in [-0.4, -0.2) is 65.0 Å². The van der Waals surface area contributed by atoms with Crippen LogP contribution in [0.25, 0.3) is 0 Å². The van der Waals surface area contributed by atoms with Gasteiger partial charge in [-0.1, -0.05) is 6.07 Å². The molecule has 1 saturated carbocycles. The summed E-state index contributed by atoms with van der Waals surface area (Å²) in [6, 6.07) is 6.61. The molecule has 2 aliphatic heterocycles. The Kier molecular flexibility index (Phi) is 6.10. The Bertz CT molecular complexity index is 671. The van der Waals surface area contributed by atoms with Gasteiger partial charge in [-0.3, -0.25) is 14.7 Å². The molecule has 3 heterocycles. The number of nitrogens with one attached hydrogen (secondary N) is 2. The number of hydrogen-bond donors (Lipinski definition) is 2. The number of carbonyl (C=O) groups is 2. The van der Waals surface area contributed by atoms with E-state index in [2.05, 4.69) is 20.5 Å². The molecule has 2 saturated heterocycles. The monoisotopic (exact) mass is 385 g/mol. The summed E-state index contributed by atoms with van der Waals surface area (Å²) >= 11 is 0. The van der Waals surface area contributed by atoms with Crippen molar-refractivity contribution in [2.24, 2.45) is 0 Å². The molecule has 4 rings (SSSR count). The predicted octanol–water partition coefficient (Wildman–Crippen LogP) is 2.06. The van der Waals surface area contributed by atoms with Gasteiger partial charge in [0, 0.05) is 37.9 Å². The molecule has 3 aliphatic rings. The van der Waals surface area contributed by atoms with E-state index < -0.39 is 0 Å². The summed E-state index contributed by atoms with van der Waals surface area (Å²) < 4.78 is 0. The summed E-state index contributed by atoms with van der Waals surface area (Å²) in [5.74, 6) is 0.136. The first-order valence-electron chi connectivity index (χ1n) is 10.7. The molecule has 28 heavy (non-hydrogen) atoms. The Labute approximate surface area is 166 Å². The van der Waals surface area contributed by atoms with Crippen LogP contribution >= 0.6 is 0 Å². The second kappa shape index (κ2) is 8.90. The van der Waals surface area contributed by atoms with Crippen molar-refractivity contribution in [1.29, 1.82) is 0 Å². The molecular formula is C21H31N5O2. The third-order valence-electron chi connectivity index (χ3n) is 6.02. The molecule has 7 nitrogen and oxygen atoms in total. The largest absolute Gasteiger partial charge is 0.352 e. The molecule has 1 aliphatic carbocycles. The number of aromatic nitrogens is 1. The Hall–Kier alpha value is -2.15. The van der Waals surface area contributed by atoms with E-state index in [9.17, 15) is 9.59 Å². The molecule has 1 atom stereocenters. The maximum Gasteiger partial charge on any atom is 0.318 e. The van der Waals surface area contributed by atoms with Crippen molar-refractivity contribution >= 4 is 11.9 Å². The van der Waals surface area contributed by atoms with Gasteiger partial charge in [-0.15, -0.1) is 0 Å². The lowest BCUT2D eigenvalue weighted by atomic mass is 9.99. The highest BCUT2D eigenvalue weighted by atomic mass is 16.2. The number of likely N-dealkylation sites (tertiary alicyclic amines) is 2. The average Bonchev–Trinajstić information content (AvgIpc) is 3.54. The van der Waals surface area contributed by atoms with Gasteiger partial charge in [0.15, 0.2) is 0 Å². The average molecular weight is 386 g/mol. The highest BCUT2D eigenvalue weighted by Crippen LogP contribution is 2.29. The standard InChI is InChI=1S/C21H31N5O2/c27-20(23-16-7-8-16)15-25-13-9-17(10-14-25)24-21(28)26-12-4-2-6-19(26)18-5-1-3-11-22-18/h1,3,5,11,16-17,19H,2,4,6-10,12-15H2,(H,23,27)(H,24,28)/t19-/m0/s1. The number of carbonyl (C=O) groups excluding carboxylic acids is 2. The molecule has 0 spiro atoms. The lowest BCUT2D eigenvalue weighted by Gasteiger charge is -2.38. The van der Waals surface area contributed by atoms with Gasteiger partial charge in [0.25, 0.3) is 0 Å². The van der Waals surface area contributed by atoms with Gasteiger partial charge >= 0.3 is 6.03 Å². The number of rotatable bonds is 5. The van der Waals surface area contributed by atoms with Gasteiger partial charge in [0.1, 0.15) is 0 Å². The van der Waals surface area contributed by atoms with Crippen molar-refractivity contribution in [3.05, 3.63) is 30.1 Å². The number of amides is 3. The lowest BCUT2D eigenvalue weighted by molar-refractivity contribution is -0.122. The third kappa shape index (κ3) is 5.01. The summed E-state index contributed by atoms with van der Waals surface area (Å²) in [5.41, 5.74) is 0.980. The van der Waals surface area contributed by atoms with Crippen molar-refractivity contribution in [3.63, 3.8) is 0 Å². The molecular weight excluding hydrogens is 354 g/mol. The maximum atomic E-state index is 12.9. The zero-order chi connectivity index (χ0) is 19.3. The first-order chi connectivity index (χ1) is 13.7. The minimum Gasteiger partial charge on any atom is -0.352 e. The molecule has 0 radical (unpaired) electrons. The third-order valence-corrected chi connectivity index (χ3v) is 6.02. The van der Waals surface area contributed by atoms with E-state index in [-0.39, 0.29) is 24.0 Å². The predicted molar refractivity (Wildman–Crippen MR) is 107 cm³/mol. The highest BCUT2D eigenvalue weighted by molar-refractivity contribution is 5.78. The zero-order valence-corrected chi connectivity index (χ0v) is 16.5. The summed E-state index contributed by atoms with van der Waals surface area (Å²) in [6.45, 7) is 2.97. The molecule has 0 aromatic carbocycles. The van der Waals surface area contributed by atoms with Crippen molar-refractivity contribution in [1.82, 2.24) is 25.4 Å². The van der Waals surface area contributed by atoms with Crippen LogP contribution in [0.3, 0.4) is 0 Å². The molecule has 0 bridgehead atoms. The Balaban J connectivity index is 1.25.